The Kier molecular flexibility index (Phi) is 2.18. The van der Waals surface area contributed by atoms with E-state index >= 15 is 0 Å². The maximum atomic E-state index is 11.5. The standard InChI is InChI=1S/C13H16O/c1-10(14)13(2)8-7-11-5-3-4-6-12(11)9-13/h3-6H,7-9H2,1-2H3/t13-/m0/s1. The fourth-order valence-electron chi connectivity index (χ4n) is 2.19. The number of carbonyl (C=O) groups is 1. The monoisotopic (exact) mass is 188 g/mol. The molecule has 74 valence electrons. The molecular formula is C13H16O. The third-order valence-electron chi connectivity index (χ3n) is 3.50. The molecule has 0 amide bonds. The minimum absolute atomic E-state index is 0.117. The summed E-state index contributed by atoms with van der Waals surface area (Å²) in [6, 6.07) is 8.46. The zero-order chi connectivity index (χ0) is 10.2. The van der Waals surface area contributed by atoms with Crippen molar-refractivity contribution in [2.45, 2.75) is 33.1 Å². The van der Waals surface area contributed by atoms with E-state index in [2.05, 4.69) is 31.2 Å². The number of rotatable bonds is 1. The molecule has 0 unspecified atom stereocenters. The van der Waals surface area contributed by atoms with E-state index in [1.54, 1.807) is 6.92 Å². The molecule has 0 saturated carbocycles. The first-order valence-electron chi connectivity index (χ1n) is 5.20. The summed E-state index contributed by atoms with van der Waals surface area (Å²) in [7, 11) is 0. The fraction of sp³-hybridized carbons (Fsp3) is 0.462. The van der Waals surface area contributed by atoms with Crippen molar-refractivity contribution in [2.75, 3.05) is 0 Å². The normalized spacial score (nSPS) is 25.6. The average molecular weight is 188 g/mol. The van der Waals surface area contributed by atoms with Gasteiger partial charge < -0.3 is 0 Å². The molecule has 1 aromatic carbocycles. The summed E-state index contributed by atoms with van der Waals surface area (Å²) in [6.07, 6.45) is 2.96. The molecule has 0 fully saturated rings. The number of hydrogen-bond donors (Lipinski definition) is 0. The Hall–Kier alpha value is -1.11. The predicted octanol–water partition coefficient (Wildman–Crippen LogP) is 2.77. The smallest absolute Gasteiger partial charge is 0.136 e. The molecule has 0 saturated heterocycles. The van der Waals surface area contributed by atoms with E-state index in [4.69, 9.17) is 0 Å². The number of fused-ring (bicyclic) bond motifs is 1. The van der Waals surface area contributed by atoms with Crippen LogP contribution in [0.2, 0.25) is 0 Å². The van der Waals surface area contributed by atoms with E-state index in [9.17, 15) is 4.79 Å². The molecule has 1 heteroatoms. The van der Waals surface area contributed by atoms with Gasteiger partial charge in [0.1, 0.15) is 5.78 Å². The van der Waals surface area contributed by atoms with E-state index in [1.807, 2.05) is 0 Å². The number of benzene rings is 1. The zero-order valence-electron chi connectivity index (χ0n) is 8.84. The maximum Gasteiger partial charge on any atom is 0.136 e. The van der Waals surface area contributed by atoms with Gasteiger partial charge in [-0.05, 0) is 37.3 Å². The second-order valence-electron chi connectivity index (χ2n) is 4.56. The van der Waals surface area contributed by atoms with Gasteiger partial charge in [0.25, 0.3) is 0 Å². The quantitative estimate of drug-likeness (QED) is 0.662. The predicted molar refractivity (Wildman–Crippen MR) is 57.3 cm³/mol. The van der Waals surface area contributed by atoms with Gasteiger partial charge >= 0.3 is 0 Å². The summed E-state index contributed by atoms with van der Waals surface area (Å²) in [5, 5.41) is 0. The Bertz CT molecular complexity index is 367. The van der Waals surface area contributed by atoms with Crippen LogP contribution in [0, 0.1) is 5.41 Å². The summed E-state index contributed by atoms with van der Waals surface area (Å²) in [4.78, 5) is 11.5. The minimum Gasteiger partial charge on any atom is -0.299 e. The van der Waals surface area contributed by atoms with E-state index in [1.165, 1.54) is 11.1 Å². The lowest BCUT2D eigenvalue weighted by Crippen LogP contribution is -2.32. The maximum absolute atomic E-state index is 11.5. The largest absolute Gasteiger partial charge is 0.299 e. The van der Waals surface area contributed by atoms with Crippen LogP contribution < -0.4 is 0 Å². The van der Waals surface area contributed by atoms with Crippen molar-refractivity contribution in [3.63, 3.8) is 0 Å². The van der Waals surface area contributed by atoms with Crippen molar-refractivity contribution >= 4 is 5.78 Å². The topological polar surface area (TPSA) is 17.1 Å². The summed E-state index contributed by atoms with van der Waals surface area (Å²) in [5.74, 6) is 0.326. The first-order valence-corrected chi connectivity index (χ1v) is 5.20. The molecule has 1 aliphatic carbocycles. The Morgan fingerprint density at radius 1 is 1.29 bits per heavy atom. The fourth-order valence-corrected chi connectivity index (χ4v) is 2.19. The molecule has 1 nitrogen and oxygen atoms in total. The highest BCUT2D eigenvalue weighted by molar-refractivity contribution is 5.82. The molecule has 1 aromatic rings. The van der Waals surface area contributed by atoms with Crippen LogP contribution >= 0.6 is 0 Å². The highest BCUT2D eigenvalue weighted by atomic mass is 16.1. The van der Waals surface area contributed by atoms with Crippen LogP contribution in [0.5, 0.6) is 0 Å². The summed E-state index contributed by atoms with van der Waals surface area (Å²) >= 11 is 0. The van der Waals surface area contributed by atoms with Crippen LogP contribution in [0.1, 0.15) is 31.4 Å². The Labute approximate surface area is 85.1 Å². The van der Waals surface area contributed by atoms with Crippen LogP contribution in [-0.4, -0.2) is 5.78 Å². The second kappa shape index (κ2) is 3.23. The number of hydrogen-bond acceptors (Lipinski definition) is 1. The molecule has 0 heterocycles. The molecular weight excluding hydrogens is 172 g/mol. The van der Waals surface area contributed by atoms with E-state index in [0.717, 1.165) is 19.3 Å². The Balaban J connectivity index is 2.34. The van der Waals surface area contributed by atoms with Crippen molar-refractivity contribution < 1.29 is 4.79 Å². The van der Waals surface area contributed by atoms with E-state index in [-0.39, 0.29) is 5.41 Å². The molecule has 2 rings (SSSR count). The SMILES string of the molecule is CC(=O)[C@@]1(C)CCc2ccccc2C1. The van der Waals surface area contributed by atoms with Crippen molar-refractivity contribution in [3.8, 4) is 0 Å². The summed E-state index contributed by atoms with van der Waals surface area (Å²) in [6.45, 7) is 3.80. The van der Waals surface area contributed by atoms with Gasteiger partial charge in [-0.15, -0.1) is 0 Å². The van der Waals surface area contributed by atoms with Gasteiger partial charge in [-0.25, -0.2) is 0 Å². The van der Waals surface area contributed by atoms with Crippen molar-refractivity contribution in [2.24, 2.45) is 5.41 Å². The molecule has 0 spiro atoms. The average Bonchev–Trinajstić information content (AvgIpc) is 2.17. The summed E-state index contributed by atoms with van der Waals surface area (Å²) in [5.41, 5.74) is 2.66. The van der Waals surface area contributed by atoms with Crippen molar-refractivity contribution in [3.05, 3.63) is 35.4 Å². The van der Waals surface area contributed by atoms with Crippen LogP contribution in [0.4, 0.5) is 0 Å². The molecule has 0 aromatic heterocycles. The first kappa shape index (κ1) is 9.45. The van der Waals surface area contributed by atoms with Crippen molar-refractivity contribution in [1.82, 2.24) is 0 Å². The highest BCUT2D eigenvalue weighted by Crippen LogP contribution is 2.35. The third-order valence-corrected chi connectivity index (χ3v) is 3.50. The number of carbonyl (C=O) groups excluding carboxylic acids is 1. The molecule has 14 heavy (non-hydrogen) atoms. The van der Waals surface area contributed by atoms with Crippen LogP contribution in [0.15, 0.2) is 24.3 Å². The van der Waals surface area contributed by atoms with Gasteiger partial charge in [-0.3, -0.25) is 4.79 Å². The lowest BCUT2D eigenvalue weighted by atomic mass is 9.71. The highest BCUT2D eigenvalue weighted by Gasteiger charge is 2.33. The number of Topliss-reactive ketones (excluding diaryl/α,β-unsaturated/α-hetero) is 1. The van der Waals surface area contributed by atoms with Crippen LogP contribution in [0.25, 0.3) is 0 Å². The number of ketones is 1. The lowest BCUT2D eigenvalue weighted by Gasteiger charge is -2.32. The van der Waals surface area contributed by atoms with Gasteiger partial charge in [0.2, 0.25) is 0 Å². The van der Waals surface area contributed by atoms with Gasteiger partial charge in [0, 0.05) is 5.41 Å². The third kappa shape index (κ3) is 1.47. The Morgan fingerprint density at radius 2 is 1.93 bits per heavy atom. The van der Waals surface area contributed by atoms with Gasteiger partial charge in [0.15, 0.2) is 0 Å². The molecule has 0 radical (unpaired) electrons. The molecule has 1 aliphatic rings. The van der Waals surface area contributed by atoms with E-state index in [0.29, 0.717) is 5.78 Å². The first-order chi connectivity index (χ1) is 6.62. The molecule has 1 atom stereocenters. The van der Waals surface area contributed by atoms with Gasteiger partial charge in [-0.2, -0.15) is 0 Å². The second-order valence-corrected chi connectivity index (χ2v) is 4.56. The van der Waals surface area contributed by atoms with Gasteiger partial charge in [-0.1, -0.05) is 31.2 Å². The molecule has 0 N–H and O–H groups in total. The van der Waals surface area contributed by atoms with Crippen LogP contribution in [0.3, 0.4) is 0 Å². The zero-order valence-corrected chi connectivity index (χ0v) is 8.84. The minimum atomic E-state index is -0.117. The number of aryl methyl sites for hydroxylation is 1. The van der Waals surface area contributed by atoms with Crippen LogP contribution in [-0.2, 0) is 17.6 Å². The molecule has 0 bridgehead atoms. The Morgan fingerprint density at radius 3 is 2.57 bits per heavy atom. The lowest BCUT2D eigenvalue weighted by molar-refractivity contribution is -0.126. The van der Waals surface area contributed by atoms with Crippen molar-refractivity contribution in [1.29, 1.82) is 0 Å². The van der Waals surface area contributed by atoms with E-state index < -0.39 is 0 Å². The van der Waals surface area contributed by atoms with Gasteiger partial charge in [0.05, 0.1) is 0 Å². The summed E-state index contributed by atoms with van der Waals surface area (Å²) < 4.78 is 0. The molecule has 0 aliphatic heterocycles.